The second kappa shape index (κ2) is 8.25. The first-order chi connectivity index (χ1) is 11.8. The van der Waals surface area contributed by atoms with Crippen LogP contribution in [0.25, 0.3) is 0 Å². The van der Waals surface area contributed by atoms with Crippen LogP contribution in [0.15, 0.2) is 17.0 Å². The number of hydrogen-bond acceptors (Lipinski definition) is 4. The summed E-state index contributed by atoms with van der Waals surface area (Å²) in [6, 6.07) is 3.73. The molecule has 8 heteroatoms. The Labute approximate surface area is 162 Å². The van der Waals surface area contributed by atoms with Crippen molar-refractivity contribution in [2.75, 3.05) is 32.7 Å². The molecule has 0 aromatic heterocycles. The van der Waals surface area contributed by atoms with Crippen molar-refractivity contribution in [2.45, 2.75) is 32.1 Å². The molecule has 3 rings (SSSR count). The molecule has 2 aliphatic rings. The average Bonchev–Trinajstić information content (AvgIpc) is 3.06. The molecule has 2 saturated heterocycles. The lowest BCUT2D eigenvalue weighted by Gasteiger charge is -2.18. The Hall–Kier alpha value is -1.15. The van der Waals surface area contributed by atoms with Gasteiger partial charge in [0.2, 0.25) is 15.9 Å². The predicted molar refractivity (Wildman–Crippen MR) is 104 cm³/mol. The molecule has 0 saturated carbocycles. The van der Waals surface area contributed by atoms with E-state index in [-0.39, 0.29) is 31.3 Å². The molecule has 0 aliphatic carbocycles. The van der Waals surface area contributed by atoms with Crippen LogP contribution in [0.2, 0.25) is 0 Å². The number of carbonyl (C=O) groups is 1. The maximum absolute atomic E-state index is 12.6. The van der Waals surface area contributed by atoms with Gasteiger partial charge in [0.25, 0.3) is 0 Å². The Balaban J connectivity index is 0.00000243. The maximum Gasteiger partial charge on any atom is 0.241 e. The summed E-state index contributed by atoms with van der Waals surface area (Å²) in [6.45, 7) is 9.23. The van der Waals surface area contributed by atoms with E-state index in [0.29, 0.717) is 16.7 Å². The van der Waals surface area contributed by atoms with Crippen molar-refractivity contribution in [2.24, 2.45) is 11.8 Å². The molecule has 1 aromatic carbocycles. The third-order valence-electron chi connectivity index (χ3n) is 5.25. The quantitative estimate of drug-likeness (QED) is 0.781. The third kappa shape index (κ3) is 4.39. The highest BCUT2D eigenvalue weighted by Crippen LogP contribution is 2.26. The first-order valence-electron chi connectivity index (χ1n) is 8.84. The van der Waals surface area contributed by atoms with Crippen LogP contribution in [0, 0.1) is 32.6 Å². The molecule has 0 spiro atoms. The van der Waals surface area contributed by atoms with Gasteiger partial charge in [-0.25, -0.2) is 13.1 Å². The fourth-order valence-corrected chi connectivity index (χ4v) is 5.65. The topological polar surface area (TPSA) is 78.5 Å². The monoisotopic (exact) mass is 401 g/mol. The van der Waals surface area contributed by atoms with Crippen LogP contribution in [0.3, 0.4) is 0 Å². The van der Waals surface area contributed by atoms with Gasteiger partial charge in [-0.3, -0.25) is 4.79 Å². The van der Waals surface area contributed by atoms with Gasteiger partial charge in [-0.1, -0.05) is 17.7 Å². The van der Waals surface area contributed by atoms with Gasteiger partial charge in [0.05, 0.1) is 4.90 Å². The Morgan fingerprint density at radius 1 is 1.15 bits per heavy atom. The average molecular weight is 402 g/mol. The summed E-state index contributed by atoms with van der Waals surface area (Å²) in [4.78, 5) is 14.6. The highest BCUT2D eigenvalue weighted by Gasteiger charge is 2.37. The van der Waals surface area contributed by atoms with Gasteiger partial charge in [-0.05, 0) is 43.7 Å². The van der Waals surface area contributed by atoms with Crippen molar-refractivity contribution in [3.8, 4) is 0 Å². The van der Waals surface area contributed by atoms with Crippen molar-refractivity contribution in [1.29, 1.82) is 0 Å². The van der Waals surface area contributed by atoms with Crippen molar-refractivity contribution in [3.63, 3.8) is 0 Å². The minimum Gasteiger partial charge on any atom is -0.342 e. The van der Waals surface area contributed by atoms with Crippen molar-refractivity contribution >= 4 is 28.3 Å². The number of nitrogens with zero attached hydrogens (tertiary/aromatic N) is 1. The molecule has 146 valence electrons. The maximum atomic E-state index is 12.6. The van der Waals surface area contributed by atoms with Crippen LogP contribution in [0.1, 0.15) is 23.1 Å². The zero-order valence-corrected chi connectivity index (χ0v) is 17.2. The molecule has 2 N–H and O–H groups in total. The molecule has 1 amide bonds. The molecule has 26 heavy (non-hydrogen) atoms. The van der Waals surface area contributed by atoms with E-state index >= 15 is 0 Å². The number of halogens is 1. The van der Waals surface area contributed by atoms with E-state index in [4.69, 9.17) is 0 Å². The zero-order chi connectivity index (χ0) is 18.2. The summed E-state index contributed by atoms with van der Waals surface area (Å²) in [5.74, 6) is 1.14. The van der Waals surface area contributed by atoms with Crippen LogP contribution in [0.4, 0.5) is 0 Å². The number of fused-ring (bicyclic) bond motifs is 1. The molecule has 6 nitrogen and oxygen atoms in total. The molecule has 2 atom stereocenters. The normalized spacial score (nSPS) is 22.2. The standard InChI is InChI=1S/C18H27N3O3S.ClH/c1-12-6-13(2)18(14(3)7-12)25(23,24)20-5-4-17(22)21-10-15-8-19-9-16(15)11-21;/h6-7,15-16,19-20H,4-5,8-11H2,1-3H3;1H/t15-,16+;. The van der Waals surface area contributed by atoms with Crippen molar-refractivity contribution in [3.05, 3.63) is 28.8 Å². The first-order valence-corrected chi connectivity index (χ1v) is 10.3. The van der Waals surface area contributed by atoms with Gasteiger partial charge in [0.1, 0.15) is 0 Å². The van der Waals surface area contributed by atoms with Gasteiger partial charge >= 0.3 is 0 Å². The SMILES string of the molecule is Cc1cc(C)c(S(=O)(=O)NCCC(=O)N2C[C@H]3CNC[C@H]3C2)c(C)c1.Cl. The smallest absolute Gasteiger partial charge is 0.241 e. The van der Waals surface area contributed by atoms with Crippen molar-refractivity contribution in [1.82, 2.24) is 14.9 Å². The minimum atomic E-state index is -3.60. The lowest BCUT2D eigenvalue weighted by Crippen LogP contribution is -2.35. The summed E-state index contributed by atoms with van der Waals surface area (Å²) in [5.41, 5.74) is 2.51. The molecular weight excluding hydrogens is 374 g/mol. The van der Waals surface area contributed by atoms with Crippen LogP contribution in [-0.4, -0.2) is 51.9 Å². The fourth-order valence-electron chi connectivity index (χ4n) is 4.17. The van der Waals surface area contributed by atoms with E-state index in [1.165, 1.54) is 0 Å². The van der Waals surface area contributed by atoms with E-state index in [9.17, 15) is 13.2 Å². The number of sulfonamides is 1. The molecule has 0 unspecified atom stereocenters. The minimum absolute atomic E-state index is 0. The third-order valence-corrected chi connectivity index (χ3v) is 7.01. The van der Waals surface area contributed by atoms with E-state index < -0.39 is 10.0 Å². The first kappa shape index (κ1) is 21.2. The van der Waals surface area contributed by atoms with Gasteiger partial charge < -0.3 is 10.2 Å². The fraction of sp³-hybridized carbons (Fsp3) is 0.611. The van der Waals surface area contributed by atoms with E-state index in [1.807, 2.05) is 24.0 Å². The number of likely N-dealkylation sites (tertiary alicyclic amines) is 1. The van der Waals surface area contributed by atoms with Gasteiger partial charge in [-0.2, -0.15) is 0 Å². The number of rotatable bonds is 5. The number of nitrogens with one attached hydrogen (secondary N) is 2. The number of hydrogen-bond donors (Lipinski definition) is 2. The van der Waals surface area contributed by atoms with Crippen LogP contribution < -0.4 is 10.0 Å². The van der Waals surface area contributed by atoms with Crippen molar-refractivity contribution < 1.29 is 13.2 Å². The summed E-state index contributed by atoms with van der Waals surface area (Å²) >= 11 is 0. The van der Waals surface area contributed by atoms with Gasteiger partial charge in [0.15, 0.2) is 0 Å². The van der Waals surface area contributed by atoms with Gasteiger partial charge in [-0.15, -0.1) is 12.4 Å². The van der Waals surface area contributed by atoms with Crippen LogP contribution in [-0.2, 0) is 14.8 Å². The van der Waals surface area contributed by atoms with Crippen LogP contribution in [0.5, 0.6) is 0 Å². The molecule has 2 heterocycles. The predicted octanol–water partition coefficient (Wildman–Crippen LogP) is 1.38. The molecule has 1 aromatic rings. The number of aryl methyl sites for hydroxylation is 3. The second-order valence-electron chi connectivity index (χ2n) is 7.35. The lowest BCUT2D eigenvalue weighted by atomic mass is 10.0. The Bertz CT molecular complexity index is 747. The number of carbonyl (C=O) groups excluding carboxylic acids is 1. The zero-order valence-electron chi connectivity index (χ0n) is 15.5. The number of benzene rings is 1. The molecule has 0 bridgehead atoms. The Kier molecular flexibility index (Phi) is 6.71. The van der Waals surface area contributed by atoms with E-state index in [1.54, 1.807) is 13.8 Å². The van der Waals surface area contributed by atoms with E-state index in [2.05, 4.69) is 10.0 Å². The number of amides is 1. The molecule has 2 fully saturated rings. The lowest BCUT2D eigenvalue weighted by molar-refractivity contribution is -0.130. The largest absolute Gasteiger partial charge is 0.342 e. The molecule has 2 aliphatic heterocycles. The Morgan fingerprint density at radius 3 is 2.23 bits per heavy atom. The Morgan fingerprint density at radius 2 is 1.69 bits per heavy atom. The summed E-state index contributed by atoms with van der Waals surface area (Å²) in [5, 5.41) is 3.35. The second-order valence-corrected chi connectivity index (χ2v) is 9.06. The molecule has 0 radical (unpaired) electrons. The van der Waals surface area contributed by atoms with Crippen LogP contribution >= 0.6 is 12.4 Å². The summed E-state index contributed by atoms with van der Waals surface area (Å²) in [7, 11) is -3.60. The van der Waals surface area contributed by atoms with Gasteiger partial charge in [0, 0.05) is 39.1 Å². The van der Waals surface area contributed by atoms with E-state index in [0.717, 1.165) is 42.9 Å². The highest BCUT2D eigenvalue weighted by molar-refractivity contribution is 7.89. The highest BCUT2D eigenvalue weighted by atomic mass is 35.5. The molecular formula is C18H28ClN3O3S. The summed E-state index contributed by atoms with van der Waals surface area (Å²) < 4.78 is 27.8. The summed E-state index contributed by atoms with van der Waals surface area (Å²) in [6.07, 6.45) is 0.204.